The van der Waals surface area contributed by atoms with E-state index < -0.39 is 0 Å². The molecule has 0 radical (unpaired) electrons. The highest BCUT2D eigenvalue weighted by Gasteiger charge is 2.29. The van der Waals surface area contributed by atoms with Gasteiger partial charge in [0.25, 0.3) is 0 Å². The van der Waals surface area contributed by atoms with Crippen molar-refractivity contribution in [1.82, 2.24) is 14.8 Å². The Morgan fingerprint density at radius 2 is 1.83 bits per heavy atom. The molecule has 0 N–H and O–H groups in total. The van der Waals surface area contributed by atoms with E-state index in [0.717, 1.165) is 60.8 Å². The molecule has 0 amide bonds. The summed E-state index contributed by atoms with van der Waals surface area (Å²) in [6, 6.07) is 16.0. The molecule has 0 spiro atoms. The molecule has 35 heavy (non-hydrogen) atoms. The molecule has 2 heterocycles. The lowest BCUT2D eigenvalue weighted by Crippen LogP contribution is -2.53. The summed E-state index contributed by atoms with van der Waals surface area (Å²) in [5.41, 5.74) is 7.81. The Labute approximate surface area is 212 Å². The molecule has 1 aromatic heterocycles. The molecule has 2 aromatic carbocycles. The van der Waals surface area contributed by atoms with E-state index in [-0.39, 0.29) is 11.5 Å². The lowest BCUT2D eigenvalue weighted by atomic mass is 10.0. The summed E-state index contributed by atoms with van der Waals surface area (Å²) in [6.07, 6.45) is 0.684. The van der Waals surface area contributed by atoms with Gasteiger partial charge in [-0.25, -0.2) is 9.78 Å². The number of hydrogen-bond donors (Lipinski definition) is 0. The quantitative estimate of drug-likeness (QED) is 0.345. The van der Waals surface area contributed by atoms with E-state index in [2.05, 4.69) is 48.8 Å². The van der Waals surface area contributed by atoms with Gasteiger partial charge in [-0.3, -0.25) is 9.80 Å². The summed E-state index contributed by atoms with van der Waals surface area (Å²) in [4.78, 5) is 22.8. The van der Waals surface area contributed by atoms with Crippen LogP contribution < -0.4 is 0 Å². The zero-order valence-corrected chi connectivity index (χ0v) is 21.7. The Hall–Kier alpha value is -2.73. The second-order valence-corrected chi connectivity index (χ2v) is 10.9. The molecule has 5 nitrogen and oxygen atoms in total. The van der Waals surface area contributed by atoms with Gasteiger partial charge in [-0.2, -0.15) is 0 Å². The number of ether oxygens (including phenoxy) is 1. The van der Waals surface area contributed by atoms with Crippen LogP contribution in [0.25, 0.3) is 22.5 Å². The Morgan fingerprint density at radius 3 is 2.51 bits per heavy atom. The number of carbonyl (C=O) groups excluding carboxylic acids is 1. The fourth-order valence-corrected chi connectivity index (χ4v) is 5.40. The van der Waals surface area contributed by atoms with Crippen molar-refractivity contribution >= 4 is 17.6 Å². The number of methoxy groups -OCH3 is 1. The Morgan fingerprint density at radius 1 is 1.06 bits per heavy atom. The average Bonchev–Trinajstić information content (AvgIpc) is 3.20. The number of esters is 1. The number of pyridine rings is 1. The fraction of sp³-hybridized carbons (Fsp3) is 0.379. The normalized spacial score (nSPS) is 16.1. The minimum atomic E-state index is -0.336. The van der Waals surface area contributed by atoms with E-state index >= 15 is 0 Å². The van der Waals surface area contributed by atoms with Gasteiger partial charge < -0.3 is 4.74 Å². The number of nitrogens with zero attached hydrogens (tertiary/aromatic N) is 3. The zero-order valence-electron chi connectivity index (χ0n) is 20.9. The summed E-state index contributed by atoms with van der Waals surface area (Å²) in [5, 5.41) is 0.637. The summed E-state index contributed by atoms with van der Waals surface area (Å²) in [5.74, 6) is -0.336. The van der Waals surface area contributed by atoms with Crippen molar-refractivity contribution in [2.24, 2.45) is 0 Å². The van der Waals surface area contributed by atoms with Crippen molar-refractivity contribution in [3.63, 3.8) is 0 Å². The lowest BCUT2D eigenvalue weighted by Gasteiger charge is -2.42. The van der Waals surface area contributed by atoms with Gasteiger partial charge >= 0.3 is 5.97 Å². The summed E-state index contributed by atoms with van der Waals surface area (Å²) in [6.45, 7) is 12.1. The van der Waals surface area contributed by atoms with Crippen molar-refractivity contribution < 1.29 is 9.53 Å². The predicted octanol–water partition coefficient (Wildman–Crippen LogP) is 5.68. The third-order valence-corrected chi connectivity index (χ3v) is 7.40. The molecule has 0 saturated carbocycles. The first-order valence-corrected chi connectivity index (χ1v) is 12.6. The smallest absolute Gasteiger partial charge is 0.338 e. The number of benzene rings is 2. The molecule has 3 aromatic rings. The Balaban J connectivity index is 1.43. The number of piperazine rings is 1. The molecule has 0 atom stereocenters. The highest BCUT2D eigenvalue weighted by molar-refractivity contribution is 6.30. The first-order valence-electron chi connectivity index (χ1n) is 12.2. The molecule has 1 fully saturated rings. The number of halogens is 1. The van der Waals surface area contributed by atoms with E-state index in [1.165, 1.54) is 18.2 Å². The maximum Gasteiger partial charge on any atom is 0.338 e. The molecule has 0 bridgehead atoms. The molecule has 1 aliphatic carbocycles. The van der Waals surface area contributed by atoms with Crippen LogP contribution in [0.3, 0.4) is 0 Å². The van der Waals surface area contributed by atoms with Crippen LogP contribution in [0.5, 0.6) is 0 Å². The first kappa shape index (κ1) is 24.0. The van der Waals surface area contributed by atoms with Crippen LogP contribution in [0.15, 0.2) is 48.5 Å². The highest BCUT2D eigenvalue weighted by atomic mass is 35.5. The van der Waals surface area contributed by atoms with Gasteiger partial charge in [0.2, 0.25) is 0 Å². The van der Waals surface area contributed by atoms with E-state index in [9.17, 15) is 4.79 Å². The Bertz CT molecular complexity index is 1270. The van der Waals surface area contributed by atoms with E-state index in [1.54, 1.807) is 0 Å². The van der Waals surface area contributed by atoms with Crippen molar-refractivity contribution in [2.75, 3.05) is 33.3 Å². The van der Waals surface area contributed by atoms with Crippen LogP contribution in [0.2, 0.25) is 5.02 Å². The van der Waals surface area contributed by atoms with Gasteiger partial charge in [0.05, 0.1) is 24.1 Å². The number of aromatic nitrogens is 1. The topological polar surface area (TPSA) is 45.7 Å². The van der Waals surface area contributed by atoms with E-state index in [4.69, 9.17) is 21.3 Å². The van der Waals surface area contributed by atoms with Gasteiger partial charge in [-0.15, -0.1) is 0 Å². The van der Waals surface area contributed by atoms with Crippen LogP contribution in [-0.2, 0) is 17.7 Å². The monoisotopic (exact) mass is 489 g/mol. The SMILES string of the molecule is COC(=O)c1cc(-c2cccc(Cl)c2)nc2c1Cc1cc(CN3CCN(C(C)(C)C)CC3)ccc1-2. The average molecular weight is 490 g/mol. The summed E-state index contributed by atoms with van der Waals surface area (Å²) >= 11 is 6.22. The maximum atomic E-state index is 12.7. The van der Waals surface area contributed by atoms with Crippen molar-refractivity contribution in [3.05, 3.63) is 75.8 Å². The molecule has 5 rings (SSSR count). The molecule has 0 unspecified atom stereocenters. The summed E-state index contributed by atoms with van der Waals surface area (Å²) in [7, 11) is 1.42. The van der Waals surface area contributed by atoms with Crippen molar-refractivity contribution in [1.29, 1.82) is 0 Å². The van der Waals surface area contributed by atoms with E-state index in [0.29, 0.717) is 17.0 Å². The van der Waals surface area contributed by atoms with Crippen LogP contribution in [-0.4, -0.2) is 59.6 Å². The van der Waals surface area contributed by atoms with E-state index in [1.807, 2.05) is 30.3 Å². The van der Waals surface area contributed by atoms with Crippen LogP contribution in [0.1, 0.15) is 47.8 Å². The Kier molecular flexibility index (Phi) is 6.43. The molecule has 182 valence electrons. The molecule has 6 heteroatoms. The second kappa shape index (κ2) is 9.38. The standard InChI is InChI=1S/C29H32ClN3O2/c1-29(2,3)33-12-10-32(11-13-33)18-19-8-9-23-21(14-19)16-24-25(28(34)35-4)17-26(31-27(23)24)20-6-5-7-22(30)15-20/h5-9,14-15,17H,10-13,16,18H2,1-4H3. The van der Waals surface area contributed by atoms with Crippen molar-refractivity contribution in [2.45, 2.75) is 39.3 Å². The minimum absolute atomic E-state index is 0.222. The largest absolute Gasteiger partial charge is 0.465 e. The van der Waals surface area contributed by atoms with Gasteiger partial charge in [0.15, 0.2) is 0 Å². The van der Waals surface area contributed by atoms with Crippen LogP contribution >= 0.6 is 11.6 Å². The molecule has 1 aliphatic heterocycles. The van der Waals surface area contributed by atoms with Crippen LogP contribution in [0.4, 0.5) is 0 Å². The van der Waals surface area contributed by atoms with Crippen molar-refractivity contribution in [3.8, 4) is 22.5 Å². The maximum absolute atomic E-state index is 12.7. The molecular weight excluding hydrogens is 458 g/mol. The number of rotatable bonds is 4. The number of fused-ring (bicyclic) bond motifs is 3. The third kappa shape index (κ3) is 4.86. The van der Waals surface area contributed by atoms with Gasteiger partial charge in [-0.1, -0.05) is 41.9 Å². The van der Waals surface area contributed by atoms with Crippen LogP contribution in [0, 0.1) is 0 Å². The highest BCUT2D eigenvalue weighted by Crippen LogP contribution is 2.40. The third-order valence-electron chi connectivity index (χ3n) is 7.17. The number of hydrogen-bond acceptors (Lipinski definition) is 5. The van der Waals surface area contributed by atoms with Gasteiger partial charge in [-0.05, 0) is 55.7 Å². The first-order chi connectivity index (χ1) is 16.7. The van der Waals surface area contributed by atoms with Gasteiger partial charge in [0, 0.05) is 60.8 Å². The number of carbonyl (C=O) groups is 1. The van der Waals surface area contributed by atoms with Gasteiger partial charge in [0.1, 0.15) is 0 Å². The second-order valence-electron chi connectivity index (χ2n) is 10.5. The zero-order chi connectivity index (χ0) is 24.7. The molecular formula is C29H32ClN3O2. The summed E-state index contributed by atoms with van der Waals surface area (Å²) < 4.78 is 5.13. The lowest BCUT2D eigenvalue weighted by molar-refractivity contribution is 0.0590. The predicted molar refractivity (Wildman–Crippen MR) is 141 cm³/mol. The minimum Gasteiger partial charge on any atom is -0.465 e. The fourth-order valence-electron chi connectivity index (χ4n) is 5.21. The molecule has 1 saturated heterocycles. The molecule has 2 aliphatic rings.